The van der Waals surface area contributed by atoms with Crippen molar-refractivity contribution in [3.05, 3.63) is 23.8 Å². The summed E-state index contributed by atoms with van der Waals surface area (Å²) in [5.41, 5.74) is 9.24. The van der Waals surface area contributed by atoms with Crippen LogP contribution in [0.4, 0.5) is 11.4 Å². The summed E-state index contributed by atoms with van der Waals surface area (Å²) in [5, 5.41) is 0. The summed E-state index contributed by atoms with van der Waals surface area (Å²) in [6.45, 7) is 4.36. The molecule has 0 heterocycles. The van der Waals surface area contributed by atoms with Gasteiger partial charge in [0.25, 0.3) is 0 Å². The Morgan fingerprint density at radius 3 is 2.23 bits per heavy atom. The predicted octanol–water partition coefficient (Wildman–Crippen LogP) is 2.46. The van der Waals surface area contributed by atoms with E-state index in [9.17, 15) is 0 Å². The molecule has 1 aromatic rings. The Kier molecular flexibility index (Phi) is 2.81. The van der Waals surface area contributed by atoms with Crippen LogP contribution in [0.25, 0.3) is 0 Å². The Balaban J connectivity index is 3.26. The normalized spacial score (nSPS) is 10.5. The van der Waals surface area contributed by atoms with Crippen molar-refractivity contribution in [3.63, 3.8) is 0 Å². The highest BCUT2D eigenvalue weighted by Gasteiger charge is 2.10. The highest BCUT2D eigenvalue weighted by molar-refractivity contribution is 5.71. The predicted molar refractivity (Wildman–Crippen MR) is 59.3 cm³/mol. The maximum absolute atomic E-state index is 5.92. The molecular formula is C11H18N2. The van der Waals surface area contributed by atoms with Crippen LogP contribution in [0.15, 0.2) is 18.2 Å². The molecule has 0 aromatic heterocycles. The number of para-hydroxylation sites is 1. The third-order valence-corrected chi connectivity index (χ3v) is 2.17. The number of nitrogens with two attached hydrogens (primary N) is 1. The molecule has 0 spiro atoms. The van der Waals surface area contributed by atoms with Crippen LogP contribution in [0.2, 0.25) is 0 Å². The van der Waals surface area contributed by atoms with E-state index in [1.807, 2.05) is 26.2 Å². The van der Waals surface area contributed by atoms with E-state index in [0.29, 0.717) is 5.92 Å². The fourth-order valence-electron chi connectivity index (χ4n) is 1.56. The van der Waals surface area contributed by atoms with Gasteiger partial charge in [-0.25, -0.2) is 0 Å². The molecule has 0 aliphatic rings. The maximum atomic E-state index is 5.92. The van der Waals surface area contributed by atoms with Crippen molar-refractivity contribution < 1.29 is 0 Å². The summed E-state index contributed by atoms with van der Waals surface area (Å²) in [6, 6.07) is 6.09. The first kappa shape index (κ1) is 9.90. The van der Waals surface area contributed by atoms with Crippen molar-refractivity contribution in [1.82, 2.24) is 0 Å². The highest BCUT2D eigenvalue weighted by Crippen LogP contribution is 2.31. The summed E-state index contributed by atoms with van der Waals surface area (Å²) >= 11 is 0. The van der Waals surface area contributed by atoms with E-state index in [1.165, 1.54) is 5.56 Å². The van der Waals surface area contributed by atoms with Gasteiger partial charge >= 0.3 is 0 Å². The SMILES string of the molecule is CC(C)c1cccc(N)c1N(C)C. The molecular weight excluding hydrogens is 160 g/mol. The third kappa shape index (κ3) is 1.94. The molecule has 0 fully saturated rings. The number of rotatable bonds is 2. The van der Waals surface area contributed by atoms with Gasteiger partial charge < -0.3 is 10.6 Å². The lowest BCUT2D eigenvalue weighted by molar-refractivity contribution is 0.859. The van der Waals surface area contributed by atoms with Gasteiger partial charge in [0.05, 0.1) is 11.4 Å². The molecule has 0 unspecified atom stereocenters. The molecule has 72 valence electrons. The number of hydrogen-bond acceptors (Lipinski definition) is 2. The van der Waals surface area contributed by atoms with E-state index in [1.54, 1.807) is 0 Å². The van der Waals surface area contributed by atoms with Crippen LogP contribution < -0.4 is 10.6 Å². The summed E-state index contributed by atoms with van der Waals surface area (Å²) in [7, 11) is 4.05. The van der Waals surface area contributed by atoms with Crippen LogP contribution in [0, 0.1) is 0 Å². The minimum absolute atomic E-state index is 0.515. The molecule has 1 aromatic carbocycles. The second kappa shape index (κ2) is 3.69. The van der Waals surface area contributed by atoms with Crippen molar-refractivity contribution in [2.75, 3.05) is 24.7 Å². The molecule has 0 radical (unpaired) electrons. The van der Waals surface area contributed by atoms with Gasteiger partial charge in [-0.05, 0) is 17.5 Å². The van der Waals surface area contributed by atoms with E-state index >= 15 is 0 Å². The molecule has 0 aliphatic carbocycles. The van der Waals surface area contributed by atoms with Gasteiger partial charge in [0.15, 0.2) is 0 Å². The van der Waals surface area contributed by atoms with Gasteiger partial charge in [-0.15, -0.1) is 0 Å². The van der Waals surface area contributed by atoms with Crippen molar-refractivity contribution in [2.45, 2.75) is 19.8 Å². The zero-order chi connectivity index (χ0) is 10.0. The summed E-state index contributed by atoms with van der Waals surface area (Å²) in [5.74, 6) is 0.515. The number of hydrogen-bond donors (Lipinski definition) is 1. The van der Waals surface area contributed by atoms with Gasteiger partial charge in [0.2, 0.25) is 0 Å². The Morgan fingerprint density at radius 1 is 1.23 bits per heavy atom. The zero-order valence-electron chi connectivity index (χ0n) is 8.83. The maximum Gasteiger partial charge on any atom is 0.0629 e. The zero-order valence-corrected chi connectivity index (χ0v) is 8.83. The van der Waals surface area contributed by atoms with Crippen LogP contribution >= 0.6 is 0 Å². The Bertz CT molecular complexity index is 290. The third-order valence-electron chi connectivity index (χ3n) is 2.17. The first-order valence-corrected chi connectivity index (χ1v) is 4.59. The summed E-state index contributed by atoms with van der Waals surface area (Å²) in [4.78, 5) is 2.07. The Hall–Kier alpha value is -1.18. The first-order valence-electron chi connectivity index (χ1n) is 4.59. The Labute approximate surface area is 80.4 Å². The van der Waals surface area contributed by atoms with E-state index in [2.05, 4.69) is 24.8 Å². The largest absolute Gasteiger partial charge is 0.397 e. The van der Waals surface area contributed by atoms with E-state index in [4.69, 9.17) is 5.73 Å². The van der Waals surface area contributed by atoms with Crippen LogP contribution in [0.5, 0.6) is 0 Å². The minimum atomic E-state index is 0.515. The van der Waals surface area contributed by atoms with Gasteiger partial charge in [-0.2, -0.15) is 0 Å². The van der Waals surface area contributed by atoms with Gasteiger partial charge in [-0.3, -0.25) is 0 Å². The van der Waals surface area contributed by atoms with Crippen molar-refractivity contribution >= 4 is 11.4 Å². The fraction of sp³-hybridized carbons (Fsp3) is 0.455. The summed E-state index contributed by atoms with van der Waals surface area (Å²) < 4.78 is 0. The topological polar surface area (TPSA) is 29.3 Å². The van der Waals surface area contributed by atoms with Crippen molar-refractivity contribution in [2.24, 2.45) is 0 Å². The van der Waals surface area contributed by atoms with E-state index < -0.39 is 0 Å². The van der Waals surface area contributed by atoms with Crippen molar-refractivity contribution in [3.8, 4) is 0 Å². The molecule has 0 saturated heterocycles. The van der Waals surface area contributed by atoms with Gasteiger partial charge in [0.1, 0.15) is 0 Å². The molecule has 13 heavy (non-hydrogen) atoms. The molecule has 0 saturated carbocycles. The molecule has 2 heteroatoms. The smallest absolute Gasteiger partial charge is 0.0629 e. The molecule has 1 rings (SSSR count). The molecule has 0 atom stereocenters. The lowest BCUT2D eigenvalue weighted by atomic mass is 10.00. The van der Waals surface area contributed by atoms with Crippen LogP contribution in [0.1, 0.15) is 25.3 Å². The molecule has 0 bridgehead atoms. The number of benzene rings is 1. The second-order valence-corrected chi connectivity index (χ2v) is 3.83. The van der Waals surface area contributed by atoms with Crippen LogP contribution in [-0.4, -0.2) is 14.1 Å². The Morgan fingerprint density at radius 2 is 1.85 bits per heavy atom. The monoisotopic (exact) mass is 178 g/mol. The fourth-order valence-corrected chi connectivity index (χ4v) is 1.56. The van der Waals surface area contributed by atoms with Crippen LogP contribution in [0.3, 0.4) is 0 Å². The number of nitrogen functional groups attached to an aromatic ring is 1. The molecule has 2 N–H and O–H groups in total. The van der Waals surface area contributed by atoms with E-state index in [-0.39, 0.29) is 0 Å². The average Bonchev–Trinajstić information content (AvgIpc) is 2.02. The second-order valence-electron chi connectivity index (χ2n) is 3.83. The molecule has 0 amide bonds. The number of anilines is 2. The van der Waals surface area contributed by atoms with Gasteiger partial charge in [0, 0.05) is 14.1 Å². The quantitative estimate of drug-likeness (QED) is 0.705. The molecule has 2 nitrogen and oxygen atoms in total. The summed E-state index contributed by atoms with van der Waals surface area (Å²) in [6.07, 6.45) is 0. The first-order chi connectivity index (χ1) is 6.04. The van der Waals surface area contributed by atoms with E-state index in [0.717, 1.165) is 11.4 Å². The number of nitrogens with zero attached hydrogens (tertiary/aromatic N) is 1. The average molecular weight is 178 g/mol. The lowest BCUT2D eigenvalue weighted by Crippen LogP contribution is -2.14. The standard InChI is InChI=1S/C11H18N2/c1-8(2)9-6-5-7-10(12)11(9)13(3)4/h5-8H,12H2,1-4H3. The lowest BCUT2D eigenvalue weighted by Gasteiger charge is -2.21. The highest BCUT2D eigenvalue weighted by atomic mass is 15.1. The van der Waals surface area contributed by atoms with Crippen LogP contribution in [-0.2, 0) is 0 Å². The minimum Gasteiger partial charge on any atom is -0.397 e. The molecule has 0 aliphatic heterocycles. The van der Waals surface area contributed by atoms with Gasteiger partial charge in [-0.1, -0.05) is 26.0 Å². The van der Waals surface area contributed by atoms with Crippen molar-refractivity contribution in [1.29, 1.82) is 0 Å².